The first-order valence-electron chi connectivity index (χ1n) is 7.96. The largest absolute Gasteiger partial charge is 0.383 e. The number of carbonyl (C=O) groups excluding carboxylic acids is 1. The summed E-state index contributed by atoms with van der Waals surface area (Å²) < 4.78 is 5.11. The number of piperazine rings is 1. The molecule has 2 bridgehead atoms. The molecule has 0 spiro atoms. The van der Waals surface area contributed by atoms with Gasteiger partial charge in [0.15, 0.2) is 0 Å². The second kappa shape index (κ2) is 6.00. The van der Waals surface area contributed by atoms with E-state index in [9.17, 15) is 4.79 Å². The maximum atomic E-state index is 12.7. The molecule has 1 heterocycles. The van der Waals surface area contributed by atoms with Crippen molar-refractivity contribution >= 4 is 5.91 Å². The number of methoxy groups -OCH3 is 1. The normalized spacial score (nSPS) is 37.6. The fourth-order valence-corrected chi connectivity index (χ4v) is 4.33. The molecule has 2 saturated carbocycles. The van der Waals surface area contributed by atoms with Crippen molar-refractivity contribution in [1.82, 2.24) is 9.80 Å². The standard InChI is InChI=1S/C15H27N3O2/c1-20-9-8-17-4-6-18(7-5-17)15(19)13-11-2-3-12(10-11)14(13)16/h11-14H,2-10,16H2,1H3. The number of amides is 1. The van der Waals surface area contributed by atoms with Gasteiger partial charge in [0.05, 0.1) is 12.5 Å². The van der Waals surface area contributed by atoms with Crippen LogP contribution in [0, 0.1) is 17.8 Å². The molecule has 5 nitrogen and oxygen atoms in total. The molecular formula is C15H27N3O2. The van der Waals surface area contributed by atoms with Crippen LogP contribution in [0.15, 0.2) is 0 Å². The number of ether oxygens (including phenoxy) is 1. The minimum Gasteiger partial charge on any atom is -0.383 e. The molecule has 1 saturated heterocycles. The summed E-state index contributed by atoms with van der Waals surface area (Å²) in [6.07, 6.45) is 3.63. The van der Waals surface area contributed by atoms with Crippen molar-refractivity contribution in [2.75, 3.05) is 46.4 Å². The van der Waals surface area contributed by atoms with Crippen molar-refractivity contribution in [3.05, 3.63) is 0 Å². The van der Waals surface area contributed by atoms with Crippen LogP contribution in [0.1, 0.15) is 19.3 Å². The minimum absolute atomic E-state index is 0.110. The Labute approximate surface area is 121 Å². The maximum absolute atomic E-state index is 12.7. The Morgan fingerprint density at radius 3 is 2.50 bits per heavy atom. The van der Waals surface area contributed by atoms with Gasteiger partial charge in [-0.25, -0.2) is 0 Å². The van der Waals surface area contributed by atoms with E-state index in [4.69, 9.17) is 10.5 Å². The summed E-state index contributed by atoms with van der Waals surface area (Å²) >= 11 is 0. The van der Waals surface area contributed by atoms with Gasteiger partial charge >= 0.3 is 0 Å². The number of nitrogens with two attached hydrogens (primary N) is 1. The van der Waals surface area contributed by atoms with Gasteiger partial charge in [0.25, 0.3) is 0 Å². The Morgan fingerprint density at radius 1 is 1.20 bits per heavy atom. The van der Waals surface area contributed by atoms with E-state index < -0.39 is 0 Å². The third-order valence-corrected chi connectivity index (χ3v) is 5.56. The molecule has 20 heavy (non-hydrogen) atoms. The van der Waals surface area contributed by atoms with Crippen LogP contribution in [0.3, 0.4) is 0 Å². The number of nitrogens with zero attached hydrogens (tertiary/aromatic N) is 2. The molecule has 4 atom stereocenters. The third kappa shape index (κ3) is 2.59. The fraction of sp³-hybridized carbons (Fsp3) is 0.933. The lowest BCUT2D eigenvalue weighted by Gasteiger charge is -2.38. The third-order valence-electron chi connectivity index (χ3n) is 5.56. The van der Waals surface area contributed by atoms with Crippen molar-refractivity contribution < 1.29 is 9.53 Å². The summed E-state index contributed by atoms with van der Waals surface area (Å²) in [6.45, 7) is 5.36. The predicted molar refractivity (Wildman–Crippen MR) is 77.2 cm³/mol. The van der Waals surface area contributed by atoms with E-state index in [1.54, 1.807) is 7.11 Å². The summed E-state index contributed by atoms with van der Waals surface area (Å²) in [7, 11) is 1.73. The molecule has 0 aromatic carbocycles. The maximum Gasteiger partial charge on any atom is 0.227 e. The van der Waals surface area contributed by atoms with E-state index in [1.807, 2.05) is 0 Å². The average molecular weight is 281 g/mol. The molecule has 4 unspecified atom stereocenters. The van der Waals surface area contributed by atoms with Gasteiger partial charge in [-0.3, -0.25) is 9.69 Å². The first-order chi connectivity index (χ1) is 9.70. The monoisotopic (exact) mass is 281 g/mol. The van der Waals surface area contributed by atoms with E-state index >= 15 is 0 Å². The highest BCUT2D eigenvalue weighted by molar-refractivity contribution is 5.80. The molecule has 3 rings (SSSR count). The van der Waals surface area contributed by atoms with Crippen LogP contribution in [0.25, 0.3) is 0 Å². The highest BCUT2D eigenvalue weighted by atomic mass is 16.5. The lowest BCUT2D eigenvalue weighted by molar-refractivity contribution is -0.139. The highest BCUT2D eigenvalue weighted by Crippen LogP contribution is 2.48. The highest BCUT2D eigenvalue weighted by Gasteiger charge is 2.50. The van der Waals surface area contributed by atoms with Crippen molar-refractivity contribution in [2.45, 2.75) is 25.3 Å². The molecule has 0 radical (unpaired) electrons. The van der Waals surface area contributed by atoms with Crippen LogP contribution in [0.2, 0.25) is 0 Å². The first kappa shape index (κ1) is 14.3. The number of rotatable bonds is 4. The zero-order valence-electron chi connectivity index (χ0n) is 12.5. The minimum atomic E-state index is 0.110. The van der Waals surface area contributed by atoms with Gasteiger partial charge in [-0.15, -0.1) is 0 Å². The van der Waals surface area contributed by atoms with Crippen molar-refractivity contribution in [3.63, 3.8) is 0 Å². The van der Waals surface area contributed by atoms with Gasteiger partial charge in [0, 0.05) is 45.9 Å². The van der Waals surface area contributed by atoms with Gasteiger partial charge in [0.1, 0.15) is 0 Å². The second-order valence-electron chi connectivity index (χ2n) is 6.60. The zero-order chi connectivity index (χ0) is 14.1. The van der Waals surface area contributed by atoms with Crippen LogP contribution >= 0.6 is 0 Å². The van der Waals surface area contributed by atoms with Gasteiger partial charge in [-0.2, -0.15) is 0 Å². The fourth-order valence-electron chi connectivity index (χ4n) is 4.33. The van der Waals surface area contributed by atoms with Gasteiger partial charge < -0.3 is 15.4 Å². The van der Waals surface area contributed by atoms with E-state index in [0.29, 0.717) is 17.7 Å². The topological polar surface area (TPSA) is 58.8 Å². The SMILES string of the molecule is COCCN1CCN(C(=O)C2C3CCC(C3)C2N)CC1. The van der Waals surface area contributed by atoms with Gasteiger partial charge in [-0.05, 0) is 31.1 Å². The van der Waals surface area contributed by atoms with E-state index in [-0.39, 0.29) is 12.0 Å². The zero-order valence-corrected chi connectivity index (χ0v) is 12.5. The van der Waals surface area contributed by atoms with E-state index in [2.05, 4.69) is 9.80 Å². The van der Waals surface area contributed by atoms with Crippen molar-refractivity contribution in [2.24, 2.45) is 23.5 Å². The number of hydrogen-bond acceptors (Lipinski definition) is 4. The molecule has 2 N–H and O–H groups in total. The van der Waals surface area contributed by atoms with Crippen LogP contribution in [-0.4, -0.2) is 68.2 Å². The number of fused-ring (bicyclic) bond motifs is 2. The molecule has 2 aliphatic carbocycles. The molecule has 1 amide bonds. The summed E-state index contributed by atoms with van der Waals surface area (Å²) in [5.41, 5.74) is 6.29. The lowest BCUT2D eigenvalue weighted by atomic mass is 9.84. The Balaban J connectivity index is 1.52. The van der Waals surface area contributed by atoms with Crippen molar-refractivity contribution in [3.8, 4) is 0 Å². The molecule has 0 aromatic heterocycles. The lowest BCUT2D eigenvalue weighted by Crippen LogP contribution is -2.54. The summed E-state index contributed by atoms with van der Waals surface area (Å²) in [6, 6.07) is 0.118. The second-order valence-corrected chi connectivity index (χ2v) is 6.60. The summed E-state index contributed by atoms with van der Waals surface area (Å²) in [5, 5.41) is 0. The Morgan fingerprint density at radius 2 is 1.90 bits per heavy atom. The van der Waals surface area contributed by atoms with E-state index in [1.165, 1.54) is 19.3 Å². The van der Waals surface area contributed by atoms with Crippen LogP contribution in [0.5, 0.6) is 0 Å². The molecule has 114 valence electrons. The van der Waals surface area contributed by atoms with Crippen LogP contribution < -0.4 is 5.73 Å². The number of hydrogen-bond donors (Lipinski definition) is 1. The van der Waals surface area contributed by atoms with Crippen LogP contribution in [-0.2, 0) is 9.53 Å². The Bertz CT molecular complexity index is 353. The molecule has 3 aliphatic rings. The van der Waals surface area contributed by atoms with Crippen LogP contribution in [0.4, 0.5) is 0 Å². The predicted octanol–water partition coefficient (Wildman–Crippen LogP) is 0.150. The summed E-state index contributed by atoms with van der Waals surface area (Å²) in [5.74, 6) is 1.61. The molecule has 5 heteroatoms. The summed E-state index contributed by atoms with van der Waals surface area (Å²) in [4.78, 5) is 17.1. The molecule has 1 aliphatic heterocycles. The van der Waals surface area contributed by atoms with E-state index in [0.717, 1.165) is 39.3 Å². The quantitative estimate of drug-likeness (QED) is 0.797. The Hall–Kier alpha value is -0.650. The smallest absolute Gasteiger partial charge is 0.227 e. The molecular weight excluding hydrogens is 254 g/mol. The number of carbonyl (C=O) groups is 1. The van der Waals surface area contributed by atoms with Crippen molar-refractivity contribution in [1.29, 1.82) is 0 Å². The average Bonchev–Trinajstić information content (AvgIpc) is 3.06. The molecule has 0 aromatic rings. The Kier molecular flexibility index (Phi) is 4.29. The van der Waals surface area contributed by atoms with Gasteiger partial charge in [0.2, 0.25) is 5.91 Å². The van der Waals surface area contributed by atoms with Gasteiger partial charge in [-0.1, -0.05) is 0 Å². The molecule has 3 fully saturated rings. The first-order valence-corrected chi connectivity index (χ1v) is 7.96.